The molecule has 0 aliphatic carbocycles. The van der Waals surface area contributed by atoms with Gasteiger partial charge in [-0.05, 0) is 20.3 Å². The minimum absolute atomic E-state index is 0.620. The number of aromatic nitrogens is 2. The largest absolute Gasteiger partial charge is 0.389 e. The average molecular weight is 278 g/mol. The highest BCUT2D eigenvalue weighted by Gasteiger charge is 2.23. The monoisotopic (exact) mass is 278 g/mol. The number of anilines is 1. The van der Waals surface area contributed by atoms with Crippen LogP contribution in [-0.4, -0.2) is 58.3 Å². The van der Waals surface area contributed by atoms with Crippen molar-refractivity contribution in [1.29, 1.82) is 0 Å². The maximum absolute atomic E-state index is 9.87. The molecule has 112 valence electrons. The van der Waals surface area contributed by atoms with Gasteiger partial charge < -0.3 is 10.0 Å². The van der Waals surface area contributed by atoms with Crippen molar-refractivity contribution in [2.75, 3.05) is 37.6 Å². The molecular formula is C15H26N4O. The van der Waals surface area contributed by atoms with Gasteiger partial charge in [-0.15, -0.1) is 0 Å². The smallest absolute Gasteiger partial charge is 0.132 e. The number of nitrogens with zero attached hydrogens (tertiary/aromatic N) is 4. The highest BCUT2D eigenvalue weighted by atomic mass is 16.3. The Morgan fingerprint density at radius 3 is 2.50 bits per heavy atom. The lowest BCUT2D eigenvalue weighted by atomic mass is 10.1. The van der Waals surface area contributed by atoms with Crippen molar-refractivity contribution in [2.24, 2.45) is 0 Å². The van der Waals surface area contributed by atoms with Crippen LogP contribution in [0.4, 0.5) is 5.82 Å². The maximum Gasteiger partial charge on any atom is 0.132 e. The van der Waals surface area contributed by atoms with Crippen LogP contribution in [0.3, 0.4) is 0 Å². The van der Waals surface area contributed by atoms with E-state index in [-0.39, 0.29) is 0 Å². The van der Waals surface area contributed by atoms with Gasteiger partial charge in [-0.3, -0.25) is 4.90 Å². The quantitative estimate of drug-likeness (QED) is 0.880. The molecule has 0 atom stereocenters. The molecule has 0 unspecified atom stereocenters. The number of piperazine rings is 1. The summed E-state index contributed by atoms with van der Waals surface area (Å²) in [6.07, 6.45) is 3.79. The molecule has 2 heterocycles. The fourth-order valence-corrected chi connectivity index (χ4v) is 2.63. The fourth-order valence-electron chi connectivity index (χ4n) is 2.63. The summed E-state index contributed by atoms with van der Waals surface area (Å²) in [7, 11) is 0. The van der Waals surface area contributed by atoms with E-state index in [2.05, 4.69) is 32.8 Å². The topological polar surface area (TPSA) is 52.5 Å². The van der Waals surface area contributed by atoms with Crippen molar-refractivity contribution in [3.8, 4) is 0 Å². The van der Waals surface area contributed by atoms with E-state index in [9.17, 15) is 5.11 Å². The SMILES string of the molecule is CCCc1cc(N2CCN(CC(C)(C)O)CC2)ncn1. The first-order chi connectivity index (χ1) is 9.48. The minimum atomic E-state index is -0.620. The highest BCUT2D eigenvalue weighted by Crippen LogP contribution is 2.16. The second kappa shape index (κ2) is 6.50. The zero-order valence-electron chi connectivity index (χ0n) is 12.8. The number of aliphatic hydroxyl groups is 1. The Bertz CT molecular complexity index is 422. The third-order valence-corrected chi connectivity index (χ3v) is 3.52. The normalized spacial score (nSPS) is 17.5. The Kier molecular flexibility index (Phi) is 4.94. The van der Waals surface area contributed by atoms with Crippen LogP contribution in [0.5, 0.6) is 0 Å². The summed E-state index contributed by atoms with van der Waals surface area (Å²) in [5.74, 6) is 1.03. The first-order valence-corrected chi connectivity index (χ1v) is 7.48. The molecule has 1 fully saturated rings. The van der Waals surface area contributed by atoms with Crippen molar-refractivity contribution in [3.05, 3.63) is 18.1 Å². The third kappa shape index (κ3) is 4.42. The molecule has 0 amide bonds. The van der Waals surface area contributed by atoms with Crippen molar-refractivity contribution in [1.82, 2.24) is 14.9 Å². The second-order valence-corrected chi connectivity index (χ2v) is 6.19. The van der Waals surface area contributed by atoms with Gasteiger partial charge in [0.05, 0.1) is 5.60 Å². The van der Waals surface area contributed by atoms with Gasteiger partial charge in [0.2, 0.25) is 0 Å². The molecular weight excluding hydrogens is 252 g/mol. The van der Waals surface area contributed by atoms with Crippen molar-refractivity contribution < 1.29 is 5.11 Å². The van der Waals surface area contributed by atoms with Crippen LogP contribution in [0.1, 0.15) is 32.9 Å². The molecule has 0 aromatic carbocycles. The Balaban J connectivity index is 1.92. The summed E-state index contributed by atoms with van der Waals surface area (Å²) >= 11 is 0. The molecule has 1 aromatic rings. The van der Waals surface area contributed by atoms with Gasteiger partial charge in [0.1, 0.15) is 12.1 Å². The Morgan fingerprint density at radius 1 is 1.20 bits per heavy atom. The molecule has 0 spiro atoms. The molecule has 1 aliphatic rings. The van der Waals surface area contributed by atoms with Crippen molar-refractivity contribution in [2.45, 2.75) is 39.2 Å². The molecule has 20 heavy (non-hydrogen) atoms. The zero-order valence-corrected chi connectivity index (χ0v) is 12.8. The Labute approximate surface area is 121 Å². The molecule has 1 aromatic heterocycles. The lowest BCUT2D eigenvalue weighted by molar-refractivity contribution is 0.0344. The summed E-state index contributed by atoms with van der Waals surface area (Å²) in [4.78, 5) is 13.3. The number of rotatable bonds is 5. The zero-order chi connectivity index (χ0) is 14.6. The molecule has 1 N–H and O–H groups in total. The Morgan fingerprint density at radius 2 is 1.90 bits per heavy atom. The van der Waals surface area contributed by atoms with Crippen LogP contribution in [0, 0.1) is 0 Å². The number of aryl methyl sites for hydroxylation is 1. The predicted octanol–water partition coefficient (Wildman–Crippen LogP) is 1.32. The van der Waals surface area contributed by atoms with Crippen LogP contribution in [0.25, 0.3) is 0 Å². The summed E-state index contributed by atoms with van der Waals surface area (Å²) in [6.45, 7) is 10.5. The standard InChI is InChI=1S/C15H26N4O/c1-4-5-13-10-14(17-12-16-13)19-8-6-18(7-9-19)11-15(2,3)20/h10,12,20H,4-9,11H2,1-3H3. The first kappa shape index (κ1) is 15.2. The number of hydrogen-bond acceptors (Lipinski definition) is 5. The van der Waals surface area contributed by atoms with E-state index in [0.717, 1.165) is 57.1 Å². The van der Waals surface area contributed by atoms with Gasteiger partial charge in [0, 0.05) is 44.5 Å². The van der Waals surface area contributed by atoms with E-state index in [1.165, 1.54) is 0 Å². The molecule has 1 aliphatic heterocycles. The van der Waals surface area contributed by atoms with Crippen LogP contribution >= 0.6 is 0 Å². The highest BCUT2D eigenvalue weighted by molar-refractivity contribution is 5.39. The lowest BCUT2D eigenvalue weighted by Gasteiger charge is -2.37. The van der Waals surface area contributed by atoms with Gasteiger partial charge in [-0.1, -0.05) is 13.3 Å². The minimum Gasteiger partial charge on any atom is -0.389 e. The second-order valence-electron chi connectivity index (χ2n) is 6.19. The van der Waals surface area contributed by atoms with Gasteiger partial charge in [-0.25, -0.2) is 9.97 Å². The van der Waals surface area contributed by atoms with Crippen LogP contribution in [0.2, 0.25) is 0 Å². The lowest BCUT2D eigenvalue weighted by Crippen LogP contribution is -2.50. The van der Waals surface area contributed by atoms with Crippen LogP contribution in [-0.2, 0) is 6.42 Å². The van der Waals surface area contributed by atoms with E-state index < -0.39 is 5.60 Å². The van der Waals surface area contributed by atoms with E-state index in [1.807, 2.05) is 13.8 Å². The molecule has 5 nitrogen and oxygen atoms in total. The molecule has 5 heteroatoms. The van der Waals surface area contributed by atoms with Crippen molar-refractivity contribution in [3.63, 3.8) is 0 Å². The van der Waals surface area contributed by atoms with E-state index in [1.54, 1.807) is 6.33 Å². The summed E-state index contributed by atoms with van der Waals surface area (Å²) in [6, 6.07) is 2.11. The molecule has 1 saturated heterocycles. The summed E-state index contributed by atoms with van der Waals surface area (Å²) < 4.78 is 0. The average Bonchev–Trinajstić information content (AvgIpc) is 2.38. The maximum atomic E-state index is 9.87. The predicted molar refractivity (Wildman–Crippen MR) is 81.0 cm³/mol. The molecule has 0 bridgehead atoms. The van der Waals surface area contributed by atoms with E-state index in [4.69, 9.17) is 0 Å². The van der Waals surface area contributed by atoms with Gasteiger partial charge in [0.15, 0.2) is 0 Å². The van der Waals surface area contributed by atoms with Crippen molar-refractivity contribution >= 4 is 5.82 Å². The van der Waals surface area contributed by atoms with E-state index >= 15 is 0 Å². The Hall–Kier alpha value is -1.20. The van der Waals surface area contributed by atoms with Gasteiger partial charge in [0.25, 0.3) is 0 Å². The fraction of sp³-hybridized carbons (Fsp3) is 0.733. The summed E-state index contributed by atoms with van der Waals surface area (Å²) in [5.41, 5.74) is 0.502. The van der Waals surface area contributed by atoms with Crippen LogP contribution in [0.15, 0.2) is 12.4 Å². The van der Waals surface area contributed by atoms with Crippen LogP contribution < -0.4 is 4.90 Å². The molecule has 0 saturated carbocycles. The summed E-state index contributed by atoms with van der Waals surface area (Å²) in [5, 5.41) is 9.87. The van der Waals surface area contributed by atoms with Gasteiger partial charge >= 0.3 is 0 Å². The molecule has 0 radical (unpaired) electrons. The number of hydrogen-bond donors (Lipinski definition) is 1. The first-order valence-electron chi connectivity index (χ1n) is 7.48. The van der Waals surface area contributed by atoms with Gasteiger partial charge in [-0.2, -0.15) is 0 Å². The molecule has 2 rings (SSSR count). The third-order valence-electron chi connectivity index (χ3n) is 3.52. The van der Waals surface area contributed by atoms with E-state index in [0.29, 0.717) is 0 Å². The number of β-amino-alcohol motifs (C(OH)–C–C–N with tert-alkyl or cyclic N) is 1.